The molecule has 0 aliphatic carbocycles. The fourth-order valence-electron chi connectivity index (χ4n) is 3.84. The van der Waals surface area contributed by atoms with Crippen molar-refractivity contribution in [2.45, 2.75) is 92.1 Å². The first-order chi connectivity index (χ1) is 16.0. The third-order valence-electron chi connectivity index (χ3n) is 6.05. The Morgan fingerprint density at radius 3 is 1.29 bits per heavy atom. The zero-order valence-corrected chi connectivity index (χ0v) is 17.7. The highest BCUT2D eigenvalue weighted by atomic mass is 16.7. The van der Waals surface area contributed by atoms with Gasteiger partial charge in [0.05, 0.1) is 19.8 Å². The summed E-state index contributed by atoms with van der Waals surface area (Å²) in [6, 6.07) is 0. The van der Waals surface area contributed by atoms with Crippen LogP contribution in [0.1, 0.15) is 0 Å². The second-order valence-corrected chi connectivity index (χ2v) is 8.42. The fourth-order valence-corrected chi connectivity index (χ4v) is 3.84. The monoisotopic (exact) mass is 504 g/mol. The smallest absolute Gasteiger partial charge is 0.186 e. The molecule has 0 spiro atoms. The van der Waals surface area contributed by atoms with Gasteiger partial charge in [-0.25, -0.2) is 0 Å². The summed E-state index contributed by atoms with van der Waals surface area (Å²) in [7, 11) is 0. The number of aliphatic hydroxyl groups is 11. The molecular formula is C18H32O16. The largest absolute Gasteiger partial charge is 0.394 e. The first-order valence-electron chi connectivity index (χ1n) is 10.6. The van der Waals surface area contributed by atoms with Gasteiger partial charge in [-0.3, -0.25) is 0 Å². The quantitative estimate of drug-likeness (QED) is 0.154. The van der Waals surface area contributed by atoms with Gasteiger partial charge in [0.2, 0.25) is 0 Å². The van der Waals surface area contributed by atoms with Crippen molar-refractivity contribution in [2.75, 3.05) is 19.8 Å². The summed E-state index contributed by atoms with van der Waals surface area (Å²) in [6.07, 6.45) is -24.4. The summed E-state index contributed by atoms with van der Waals surface area (Å²) >= 11 is 0. The highest BCUT2D eigenvalue weighted by Crippen LogP contribution is 2.27. The van der Waals surface area contributed by atoms with Gasteiger partial charge >= 0.3 is 0 Å². The van der Waals surface area contributed by atoms with Gasteiger partial charge in [-0.15, -0.1) is 0 Å². The van der Waals surface area contributed by atoms with Crippen LogP contribution in [0.15, 0.2) is 0 Å². The maximum absolute atomic E-state index is 10.2. The normalized spacial score (nSPS) is 52.5. The van der Waals surface area contributed by atoms with E-state index < -0.39 is 112 Å². The molecule has 200 valence electrons. The molecule has 0 unspecified atom stereocenters. The second-order valence-electron chi connectivity index (χ2n) is 8.42. The van der Waals surface area contributed by atoms with Crippen molar-refractivity contribution in [2.24, 2.45) is 0 Å². The number of hydrogen-bond acceptors (Lipinski definition) is 16. The van der Waals surface area contributed by atoms with Crippen LogP contribution >= 0.6 is 0 Å². The molecule has 3 rings (SSSR count). The van der Waals surface area contributed by atoms with Crippen LogP contribution in [0, 0.1) is 0 Å². The Hall–Kier alpha value is -0.640. The fraction of sp³-hybridized carbons (Fsp3) is 1.00. The van der Waals surface area contributed by atoms with E-state index in [1.165, 1.54) is 0 Å². The molecule has 0 saturated carbocycles. The molecule has 0 bridgehead atoms. The zero-order valence-electron chi connectivity index (χ0n) is 17.7. The molecule has 3 aliphatic heterocycles. The summed E-state index contributed by atoms with van der Waals surface area (Å²) in [5.41, 5.74) is 0. The van der Waals surface area contributed by atoms with E-state index in [0.29, 0.717) is 0 Å². The SMILES string of the molecule is OC[C@H]1O[C@H](OC[C@H]2O[C@H](OC[C@H]3O[C@H](O)[C@H](O)[C@H](O)[C@@H]3O)[C@H](O)[C@@H](O)[C@@H]2O)[C@H](O)[C@@H](O)[C@@H]1O. The third kappa shape index (κ3) is 5.68. The molecule has 3 fully saturated rings. The van der Waals surface area contributed by atoms with Gasteiger partial charge < -0.3 is 79.9 Å². The minimum atomic E-state index is -1.82. The average molecular weight is 504 g/mol. The topological polar surface area (TPSA) is 269 Å². The molecule has 16 heteroatoms. The summed E-state index contributed by atoms with van der Waals surface area (Å²) < 4.78 is 26.1. The van der Waals surface area contributed by atoms with E-state index >= 15 is 0 Å². The molecule has 3 saturated heterocycles. The summed E-state index contributed by atoms with van der Waals surface area (Å²) in [4.78, 5) is 0. The van der Waals surface area contributed by atoms with Gasteiger partial charge in [0, 0.05) is 0 Å². The molecule has 3 heterocycles. The first-order valence-corrected chi connectivity index (χ1v) is 10.6. The van der Waals surface area contributed by atoms with Gasteiger partial charge in [0.15, 0.2) is 18.9 Å². The minimum absolute atomic E-state index is 0.570. The van der Waals surface area contributed by atoms with Crippen LogP contribution in [-0.4, -0.2) is 168 Å². The Balaban J connectivity index is 1.58. The van der Waals surface area contributed by atoms with Crippen molar-refractivity contribution in [1.29, 1.82) is 0 Å². The van der Waals surface area contributed by atoms with E-state index in [9.17, 15) is 56.2 Å². The van der Waals surface area contributed by atoms with Crippen molar-refractivity contribution >= 4 is 0 Å². The predicted octanol–water partition coefficient (Wildman–Crippen LogP) is -7.57. The highest BCUT2D eigenvalue weighted by Gasteiger charge is 2.48. The average Bonchev–Trinajstić information content (AvgIpc) is 2.82. The van der Waals surface area contributed by atoms with Crippen LogP contribution in [0.4, 0.5) is 0 Å². The van der Waals surface area contributed by atoms with Crippen molar-refractivity contribution in [3.05, 3.63) is 0 Å². The molecule has 0 radical (unpaired) electrons. The van der Waals surface area contributed by atoms with Gasteiger partial charge in [0.1, 0.15) is 73.2 Å². The molecule has 0 aromatic rings. The molecule has 15 atom stereocenters. The summed E-state index contributed by atoms with van der Waals surface area (Å²) in [5, 5.41) is 108. The molecule has 11 N–H and O–H groups in total. The van der Waals surface area contributed by atoms with Gasteiger partial charge in [-0.2, -0.15) is 0 Å². The number of ether oxygens (including phenoxy) is 5. The number of aliphatic hydroxyl groups excluding tert-OH is 11. The van der Waals surface area contributed by atoms with Crippen molar-refractivity contribution in [1.82, 2.24) is 0 Å². The molecule has 0 aromatic carbocycles. The lowest BCUT2D eigenvalue weighted by Gasteiger charge is -2.43. The van der Waals surface area contributed by atoms with Crippen LogP contribution in [0.5, 0.6) is 0 Å². The minimum Gasteiger partial charge on any atom is -0.394 e. The Morgan fingerprint density at radius 2 is 0.824 bits per heavy atom. The van der Waals surface area contributed by atoms with E-state index in [1.807, 2.05) is 0 Å². The second kappa shape index (κ2) is 11.6. The molecule has 34 heavy (non-hydrogen) atoms. The van der Waals surface area contributed by atoms with E-state index in [2.05, 4.69) is 0 Å². The summed E-state index contributed by atoms with van der Waals surface area (Å²) in [6.45, 7) is -1.84. The van der Waals surface area contributed by atoms with Crippen molar-refractivity contribution in [3.8, 4) is 0 Å². The Morgan fingerprint density at radius 1 is 0.441 bits per heavy atom. The maximum Gasteiger partial charge on any atom is 0.186 e. The predicted molar refractivity (Wildman–Crippen MR) is 101 cm³/mol. The lowest BCUT2D eigenvalue weighted by molar-refractivity contribution is -0.340. The molecule has 0 aromatic heterocycles. The van der Waals surface area contributed by atoms with Crippen LogP contribution in [-0.2, 0) is 23.7 Å². The highest BCUT2D eigenvalue weighted by molar-refractivity contribution is 4.92. The Labute approximate surface area is 192 Å². The van der Waals surface area contributed by atoms with Gasteiger partial charge in [-0.05, 0) is 0 Å². The number of hydrogen-bond donors (Lipinski definition) is 11. The Kier molecular flexibility index (Phi) is 9.54. The third-order valence-corrected chi connectivity index (χ3v) is 6.05. The van der Waals surface area contributed by atoms with Crippen LogP contribution in [0.2, 0.25) is 0 Å². The van der Waals surface area contributed by atoms with Gasteiger partial charge in [0.25, 0.3) is 0 Å². The molecular weight excluding hydrogens is 472 g/mol. The molecule has 16 nitrogen and oxygen atoms in total. The van der Waals surface area contributed by atoms with E-state index in [4.69, 9.17) is 23.7 Å². The maximum atomic E-state index is 10.2. The Bertz CT molecular complexity index is 639. The van der Waals surface area contributed by atoms with E-state index in [-0.39, 0.29) is 0 Å². The van der Waals surface area contributed by atoms with Crippen molar-refractivity contribution in [3.63, 3.8) is 0 Å². The standard InChI is InChI=1S/C18H32O16/c19-1-4-7(20)11(24)14(27)17(33-4)31-3-6-9(22)12(25)15(28)18(34-6)30-2-5-8(21)10(23)13(26)16(29)32-5/h4-29H,1-3H2/t4-,5-,6-,7-,8-,9-,10-,11+,12+,13-,14-,15-,16+,17+,18+/m1/s1. The van der Waals surface area contributed by atoms with Crippen LogP contribution in [0.3, 0.4) is 0 Å². The lowest BCUT2D eigenvalue weighted by Crippen LogP contribution is -2.62. The number of rotatable bonds is 7. The van der Waals surface area contributed by atoms with E-state index in [0.717, 1.165) is 0 Å². The lowest BCUT2D eigenvalue weighted by atomic mass is 9.98. The van der Waals surface area contributed by atoms with Crippen LogP contribution in [0.25, 0.3) is 0 Å². The molecule has 0 amide bonds. The van der Waals surface area contributed by atoms with Crippen molar-refractivity contribution < 1.29 is 79.9 Å². The van der Waals surface area contributed by atoms with Crippen LogP contribution < -0.4 is 0 Å². The zero-order chi connectivity index (χ0) is 25.3. The first kappa shape index (κ1) is 27.9. The van der Waals surface area contributed by atoms with Gasteiger partial charge in [-0.1, -0.05) is 0 Å². The molecule has 3 aliphatic rings. The van der Waals surface area contributed by atoms with E-state index in [1.54, 1.807) is 0 Å². The summed E-state index contributed by atoms with van der Waals surface area (Å²) in [5.74, 6) is 0.